The number of carbonyl (C=O) groups is 1. The lowest BCUT2D eigenvalue weighted by atomic mass is 10.0. The second-order valence-corrected chi connectivity index (χ2v) is 10.6. The van der Waals surface area contributed by atoms with Crippen LogP contribution < -0.4 is 11.1 Å². The van der Waals surface area contributed by atoms with Gasteiger partial charge < -0.3 is 11.1 Å². The highest BCUT2D eigenvalue weighted by atomic mass is 32.2. The molecule has 1 amide bonds. The summed E-state index contributed by atoms with van der Waals surface area (Å²) in [6, 6.07) is 11.7. The Morgan fingerprint density at radius 1 is 1.24 bits per heavy atom. The summed E-state index contributed by atoms with van der Waals surface area (Å²) in [6.45, 7) is 3.58. The molecule has 1 fully saturated rings. The van der Waals surface area contributed by atoms with Crippen molar-refractivity contribution in [3.63, 3.8) is 0 Å². The number of hydrogen-bond acceptors (Lipinski definition) is 7. The highest BCUT2D eigenvalue weighted by Gasteiger charge is 2.45. The second-order valence-electron chi connectivity index (χ2n) is 8.48. The molecule has 1 aliphatic rings. The van der Waals surface area contributed by atoms with Crippen molar-refractivity contribution in [2.75, 3.05) is 16.8 Å². The zero-order chi connectivity index (χ0) is 24.0. The third-order valence-electron chi connectivity index (χ3n) is 6.20. The van der Waals surface area contributed by atoms with Gasteiger partial charge in [0.25, 0.3) is 10.0 Å². The van der Waals surface area contributed by atoms with Gasteiger partial charge in [0.15, 0.2) is 0 Å². The number of pyridine rings is 2. The highest BCUT2D eigenvalue weighted by Crippen LogP contribution is 2.48. The minimum atomic E-state index is -3.44. The predicted octanol–water partition coefficient (Wildman–Crippen LogP) is 3.32. The van der Waals surface area contributed by atoms with E-state index in [-0.39, 0.29) is 23.5 Å². The molecule has 0 spiro atoms. The molecule has 10 heteroatoms. The molecular weight excluding hydrogens is 452 g/mol. The summed E-state index contributed by atoms with van der Waals surface area (Å²) in [5.74, 6) is 0.278. The lowest BCUT2D eigenvalue weighted by Gasteiger charge is -2.10. The molecule has 5 rings (SSSR count). The van der Waals surface area contributed by atoms with Crippen molar-refractivity contribution >= 4 is 38.3 Å². The zero-order valence-electron chi connectivity index (χ0n) is 18.8. The van der Waals surface area contributed by atoms with Gasteiger partial charge in [0, 0.05) is 29.3 Å². The number of carbonyl (C=O) groups excluding carboxylic acids is 1. The third kappa shape index (κ3) is 4.01. The minimum Gasteiger partial charge on any atom is -0.383 e. The Morgan fingerprint density at radius 2 is 2.03 bits per heavy atom. The normalized spacial score (nSPS) is 17.6. The lowest BCUT2D eigenvalue weighted by Crippen LogP contribution is -2.16. The molecule has 1 aliphatic carbocycles. The van der Waals surface area contributed by atoms with Crippen LogP contribution >= 0.6 is 0 Å². The number of rotatable bonds is 6. The molecule has 1 aromatic carbocycles. The van der Waals surface area contributed by atoms with Crippen LogP contribution in [0.1, 0.15) is 30.4 Å². The Morgan fingerprint density at radius 3 is 2.79 bits per heavy atom. The summed E-state index contributed by atoms with van der Waals surface area (Å²) in [4.78, 5) is 21.7. The molecule has 0 aliphatic heterocycles. The quantitative estimate of drug-likeness (QED) is 0.436. The van der Waals surface area contributed by atoms with Crippen LogP contribution in [0.3, 0.4) is 0 Å². The largest absolute Gasteiger partial charge is 0.383 e. The number of amides is 1. The molecule has 3 heterocycles. The monoisotopic (exact) mass is 476 g/mol. The predicted molar refractivity (Wildman–Crippen MR) is 131 cm³/mol. The second kappa shape index (κ2) is 8.21. The van der Waals surface area contributed by atoms with E-state index in [0.29, 0.717) is 23.4 Å². The minimum absolute atomic E-state index is 0.0398. The molecule has 0 radical (unpaired) electrons. The van der Waals surface area contributed by atoms with Gasteiger partial charge in [0.1, 0.15) is 11.6 Å². The first-order valence-electron chi connectivity index (χ1n) is 11.0. The highest BCUT2D eigenvalue weighted by molar-refractivity contribution is 7.89. The number of nitrogens with one attached hydrogen (secondary N) is 1. The fourth-order valence-corrected chi connectivity index (χ4v) is 4.84. The molecule has 3 N–H and O–H groups in total. The van der Waals surface area contributed by atoms with Crippen molar-refractivity contribution in [2.45, 2.75) is 26.2 Å². The SMILES string of the molecule is CCS(=O)(=O)n1cc([C@H]2C[C@@H]2C(=O)Nc2cc3cc(-c4ccccc4C)nc(N)c3cn2)cn1. The molecule has 4 aromatic rings. The van der Waals surface area contributed by atoms with E-state index in [1.807, 2.05) is 37.3 Å². The Labute approximate surface area is 197 Å². The van der Waals surface area contributed by atoms with Crippen molar-refractivity contribution in [2.24, 2.45) is 5.92 Å². The van der Waals surface area contributed by atoms with Crippen LogP contribution in [0.15, 0.2) is 55.0 Å². The van der Waals surface area contributed by atoms with Gasteiger partial charge in [-0.15, -0.1) is 0 Å². The summed E-state index contributed by atoms with van der Waals surface area (Å²) in [6.07, 6.45) is 5.25. The number of aromatic nitrogens is 4. The number of nitrogen functional groups attached to an aromatic ring is 1. The van der Waals surface area contributed by atoms with Crippen LogP contribution in [0, 0.1) is 12.8 Å². The smallest absolute Gasteiger partial charge is 0.253 e. The van der Waals surface area contributed by atoms with Crippen LogP contribution in [-0.2, 0) is 14.8 Å². The molecule has 0 bridgehead atoms. The standard InChI is InChI=1S/C24H24N6O3S/c1-3-34(32,33)30-13-16(11-27-30)18-10-19(18)24(31)29-22-9-15-8-21(17-7-5-4-6-14(17)2)28-23(25)20(15)12-26-22/h4-9,11-13,18-19H,3,10H2,1-2H3,(H2,25,28)(H,26,29,31)/t18-,19+/m1/s1. The van der Waals surface area contributed by atoms with Crippen LogP contribution in [0.2, 0.25) is 0 Å². The van der Waals surface area contributed by atoms with Gasteiger partial charge in [-0.25, -0.2) is 18.4 Å². The van der Waals surface area contributed by atoms with Crippen molar-refractivity contribution in [1.82, 2.24) is 19.2 Å². The maximum atomic E-state index is 12.8. The summed E-state index contributed by atoms with van der Waals surface area (Å²) >= 11 is 0. The van der Waals surface area contributed by atoms with Crippen molar-refractivity contribution in [1.29, 1.82) is 0 Å². The number of aryl methyl sites for hydroxylation is 1. The van der Waals surface area contributed by atoms with E-state index in [1.54, 1.807) is 19.2 Å². The number of nitrogens with zero attached hydrogens (tertiary/aromatic N) is 4. The van der Waals surface area contributed by atoms with Gasteiger partial charge in [-0.2, -0.15) is 9.19 Å². The Balaban J connectivity index is 1.35. The van der Waals surface area contributed by atoms with Crippen molar-refractivity contribution in [3.05, 3.63) is 66.1 Å². The molecule has 1 saturated carbocycles. The molecule has 34 heavy (non-hydrogen) atoms. The van der Waals surface area contributed by atoms with Gasteiger partial charge in [-0.3, -0.25) is 4.79 Å². The van der Waals surface area contributed by atoms with Gasteiger partial charge in [-0.05, 0) is 54.8 Å². The first-order valence-corrected chi connectivity index (χ1v) is 12.6. The Bertz CT molecular complexity index is 1530. The molecule has 174 valence electrons. The molecule has 0 saturated heterocycles. The summed E-state index contributed by atoms with van der Waals surface area (Å²) in [5.41, 5.74) is 9.77. The molecule has 0 unspecified atom stereocenters. The first kappa shape index (κ1) is 22.0. The number of nitrogens with two attached hydrogens (primary N) is 1. The van der Waals surface area contributed by atoms with E-state index >= 15 is 0 Å². The van der Waals surface area contributed by atoms with E-state index in [2.05, 4.69) is 20.4 Å². The Kier molecular flexibility index (Phi) is 5.32. The topological polar surface area (TPSA) is 133 Å². The number of hydrogen-bond donors (Lipinski definition) is 2. The van der Waals surface area contributed by atoms with E-state index in [4.69, 9.17) is 5.73 Å². The van der Waals surface area contributed by atoms with Crippen LogP contribution in [-0.4, -0.2) is 39.2 Å². The maximum absolute atomic E-state index is 12.8. The summed E-state index contributed by atoms with van der Waals surface area (Å²) in [7, 11) is -3.44. The van der Waals surface area contributed by atoms with E-state index in [1.165, 1.54) is 12.4 Å². The Hall–Kier alpha value is -3.79. The maximum Gasteiger partial charge on any atom is 0.253 e. The van der Waals surface area contributed by atoms with E-state index in [9.17, 15) is 13.2 Å². The summed E-state index contributed by atoms with van der Waals surface area (Å²) < 4.78 is 24.9. The lowest BCUT2D eigenvalue weighted by molar-refractivity contribution is -0.117. The van der Waals surface area contributed by atoms with Gasteiger partial charge in [0.2, 0.25) is 5.91 Å². The fraction of sp³-hybridized carbons (Fsp3) is 0.250. The van der Waals surface area contributed by atoms with Gasteiger partial charge in [0.05, 0.1) is 17.6 Å². The van der Waals surface area contributed by atoms with E-state index in [0.717, 1.165) is 31.9 Å². The van der Waals surface area contributed by atoms with Crippen LogP contribution in [0.5, 0.6) is 0 Å². The fourth-order valence-electron chi connectivity index (χ4n) is 4.11. The number of benzene rings is 1. The summed E-state index contributed by atoms with van der Waals surface area (Å²) in [5, 5.41) is 8.36. The van der Waals surface area contributed by atoms with Gasteiger partial charge >= 0.3 is 0 Å². The van der Waals surface area contributed by atoms with Gasteiger partial charge in [-0.1, -0.05) is 24.3 Å². The molecular formula is C24H24N6O3S. The molecule has 9 nitrogen and oxygen atoms in total. The average molecular weight is 477 g/mol. The number of fused-ring (bicyclic) bond motifs is 1. The van der Waals surface area contributed by atoms with Crippen LogP contribution in [0.4, 0.5) is 11.6 Å². The average Bonchev–Trinajstić information content (AvgIpc) is 3.46. The van der Waals surface area contributed by atoms with Crippen molar-refractivity contribution in [3.8, 4) is 11.3 Å². The third-order valence-corrected chi connectivity index (χ3v) is 7.70. The molecule has 2 atom stereocenters. The first-order chi connectivity index (χ1) is 16.3. The number of anilines is 2. The van der Waals surface area contributed by atoms with Crippen molar-refractivity contribution < 1.29 is 13.2 Å². The molecule has 3 aromatic heterocycles. The zero-order valence-corrected chi connectivity index (χ0v) is 19.6. The van der Waals surface area contributed by atoms with Crippen LogP contribution in [0.25, 0.3) is 22.0 Å². The van der Waals surface area contributed by atoms with E-state index < -0.39 is 10.0 Å².